The largest absolute Gasteiger partial charge is 0.261 e. The first-order valence-electron chi connectivity index (χ1n) is 3.79. The van der Waals surface area contributed by atoms with E-state index in [1.165, 1.54) is 9.26 Å². The molecule has 0 saturated heterocycles. The van der Waals surface area contributed by atoms with E-state index < -0.39 is 0 Å². The minimum absolute atomic E-state index is 0.695. The van der Waals surface area contributed by atoms with Gasteiger partial charge in [-0.1, -0.05) is 13.8 Å². The van der Waals surface area contributed by atoms with Crippen molar-refractivity contribution in [1.29, 1.82) is 0 Å². The Balaban J connectivity index is 2.71. The van der Waals surface area contributed by atoms with E-state index in [1.54, 1.807) is 0 Å². The molecule has 0 saturated carbocycles. The fraction of sp³-hybridized carbons (Fsp3) is 0.444. The molecule has 0 bridgehead atoms. The molecule has 0 unspecified atom stereocenters. The molecular formula is C9H12IN. The number of rotatable bonds is 2. The van der Waals surface area contributed by atoms with Crippen molar-refractivity contribution in [3.63, 3.8) is 0 Å². The molecule has 0 aliphatic rings. The summed E-state index contributed by atoms with van der Waals surface area (Å²) in [5.74, 6) is 0.695. The summed E-state index contributed by atoms with van der Waals surface area (Å²) in [5, 5.41) is 0. The molecule has 0 N–H and O–H groups in total. The van der Waals surface area contributed by atoms with Gasteiger partial charge in [0.25, 0.3) is 0 Å². The number of halogens is 1. The monoisotopic (exact) mass is 261 g/mol. The van der Waals surface area contributed by atoms with Crippen LogP contribution in [-0.2, 0) is 6.42 Å². The first-order chi connectivity index (χ1) is 5.18. The van der Waals surface area contributed by atoms with Gasteiger partial charge in [-0.15, -0.1) is 0 Å². The Morgan fingerprint density at radius 3 is 2.82 bits per heavy atom. The highest BCUT2D eigenvalue weighted by Gasteiger charge is 1.98. The lowest BCUT2D eigenvalue weighted by Crippen LogP contribution is -1.96. The summed E-state index contributed by atoms with van der Waals surface area (Å²) < 4.78 is 1.27. The standard InChI is InChI=1S/C9H12IN/c1-7(2)5-9-6-8(10)3-4-11-9/h3-4,6-7H,5H2,1-2H3. The Hall–Kier alpha value is -0.120. The number of aromatic nitrogens is 1. The van der Waals surface area contributed by atoms with E-state index in [2.05, 4.69) is 47.5 Å². The zero-order valence-corrected chi connectivity index (χ0v) is 9.00. The Morgan fingerprint density at radius 1 is 1.55 bits per heavy atom. The average molecular weight is 261 g/mol. The van der Waals surface area contributed by atoms with Crippen molar-refractivity contribution in [2.45, 2.75) is 20.3 Å². The van der Waals surface area contributed by atoms with Crippen molar-refractivity contribution >= 4 is 22.6 Å². The second-order valence-corrected chi connectivity index (χ2v) is 4.31. The van der Waals surface area contributed by atoms with Gasteiger partial charge in [0.1, 0.15) is 0 Å². The topological polar surface area (TPSA) is 12.9 Å². The molecule has 0 aliphatic carbocycles. The van der Waals surface area contributed by atoms with Crippen LogP contribution in [0.2, 0.25) is 0 Å². The highest BCUT2D eigenvalue weighted by Crippen LogP contribution is 2.08. The van der Waals surface area contributed by atoms with Crippen molar-refractivity contribution < 1.29 is 0 Å². The predicted octanol–water partition coefficient (Wildman–Crippen LogP) is 2.88. The molecule has 0 aromatic carbocycles. The second kappa shape index (κ2) is 4.04. The van der Waals surface area contributed by atoms with E-state index in [0.717, 1.165) is 6.42 Å². The number of hydrogen-bond donors (Lipinski definition) is 0. The Labute approximate surface area is 81.4 Å². The first kappa shape index (κ1) is 8.97. The maximum atomic E-state index is 4.27. The highest BCUT2D eigenvalue weighted by molar-refractivity contribution is 14.1. The molecule has 0 spiro atoms. The summed E-state index contributed by atoms with van der Waals surface area (Å²) in [6, 6.07) is 4.16. The third-order valence-corrected chi connectivity index (χ3v) is 2.07. The van der Waals surface area contributed by atoms with E-state index in [4.69, 9.17) is 0 Å². The molecule has 1 heterocycles. The molecule has 0 aliphatic heterocycles. The van der Waals surface area contributed by atoms with Gasteiger partial charge in [0, 0.05) is 15.5 Å². The summed E-state index contributed by atoms with van der Waals surface area (Å²) in [6.45, 7) is 4.42. The van der Waals surface area contributed by atoms with Gasteiger partial charge < -0.3 is 0 Å². The molecule has 2 heteroatoms. The van der Waals surface area contributed by atoms with Gasteiger partial charge >= 0.3 is 0 Å². The average Bonchev–Trinajstić information content (AvgIpc) is 1.85. The van der Waals surface area contributed by atoms with Crippen LogP contribution in [0.3, 0.4) is 0 Å². The fourth-order valence-electron chi connectivity index (χ4n) is 0.979. The van der Waals surface area contributed by atoms with E-state index in [-0.39, 0.29) is 0 Å². The Bertz CT molecular complexity index is 233. The van der Waals surface area contributed by atoms with E-state index in [0.29, 0.717) is 5.92 Å². The Morgan fingerprint density at radius 2 is 2.27 bits per heavy atom. The summed E-state index contributed by atoms with van der Waals surface area (Å²) in [6.07, 6.45) is 2.95. The maximum absolute atomic E-state index is 4.27. The van der Waals surface area contributed by atoms with Crippen LogP contribution < -0.4 is 0 Å². The Kier molecular flexibility index (Phi) is 3.30. The SMILES string of the molecule is CC(C)Cc1cc(I)ccn1. The van der Waals surface area contributed by atoms with Crippen molar-refractivity contribution in [3.05, 3.63) is 27.6 Å². The molecule has 0 radical (unpaired) electrons. The van der Waals surface area contributed by atoms with Gasteiger partial charge in [-0.05, 0) is 47.1 Å². The third kappa shape index (κ3) is 3.18. The molecule has 0 atom stereocenters. The van der Waals surface area contributed by atoms with Gasteiger partial charge in [-0.25, -0.2) is 0 Å². The van der Waals surface area contributed by atoms with Crippen LogP contribution in [0.4, 0.5) is 0 Å². The molecule has 0 fully saturated rings. The minimum atomic E-state index is 0.695. The third-order valence-electron chi connectivity index (χ3n) is 1.40. The van der Waals surface area contributed by atoms with E-state index in [9.17, 15) is 0 Å². The quantitative estimate of drug-likeness (QED) is 0.746. The lowest BCUT2D eigenvalue weighted by atomic mass is 10.1. The van der Waals surface area contributed by atoms with Crippen LogP contribution in [0, 0.1) is 9.49 Å². The fourth-order valence-corrected chi connectivity index (χ4v) is 1.50. The van der Waals surface area contributed by atoms with Crippen LogP contribution in [0.15, 0.2) is 18.3 Å². The number of hydrogen-bond acceptors (Lipinski definition) is 1. The lowest BCUT2D eigenvalue weighted by molar-refractivity contribution is 0.635. The maximum Gasteiger partial charge on any atom is 0.0416 e. The molecular weight excluding hydrogens is 249 g/mol. The summed E-state index contributed by atoms with van der Waals surface area (Å²) in [7, 11) is 0. The summed E-state index contributed by atoms with van der Waals surface area (Å²) >= 11 is 2.31. The molecule has 0 amide bonds. The minimum Gasteiger partial charge on any atom is -0.261 e. The number of pyridine rings is 1. The molecule has 60 valence electrons. The van der Waals surface area contributed by atoms with Crippen LogP contribution >= 0.6 is 22.6 Å². The van der Waals surface area contributed by atoms with Gasteiger partial charge in [0.15, 0.2) is 0 Å². The van der Waals surface area contributed by atoms with Gasteiger partial charge in [-0.2, -0.15) is 0 Å². The lowest BCUT2D eigenvalue weighted by Gasteiger charge is -2.02. The van der Waals surface area contributed by atoms with Crippen molar-refractivity contribution in [2.75, 3.05) is 0 Å². The van der Waals surface area contributed by atoms with Crippen LogP contribution in [0.1, 0.15) is 19.5 Å². The number of nitrogens with zero attached hydrogens (tertiary/aromatic N) is 1. The van der Waals surface area contributed by atoms with Crippen molar-refractivity contribution in [2.24, 2.45) is 5.92 Å². The highest BCUT2D eigenvalue weighted by atomic mass is 127. The summed E-state index contributed by atoms with van der Waals surface area (Å²) in [4.78, 5) is 4.27. The van der Waals surface area contributed by atoms with Gasteiger partial charge in [0.2, 0.25) is 0 Å². The second-order valence-electron chi connectivity index (χ2n) is 3.06. The predicted molar refractivity (Wildman–Crippen MR) is 55.5 cm³/mol. The zero-order valence-electron chi connectivity index (χ0n) is 6.84. The molecule has 1 aromatic rings. The van der Waals surface area contributed by atoms with Crippen LogP contribution in [0.5, 0.6) is 0 Å². The zero-order chi connectivity index (χ0) is 8.27. The van der Waals surface area contributed by atoms with E-state index >= 15 is 0 Å². The summed E-state index contributed by atoms with van der Waals surface area (Å²) in [5.41, 5.74) is 1.20. The molecule has 1 aromatic heterocycles. The van der Waals surface area contributed by atoms with Crippen molar-refractivity contribution in [3.8, 4) is 0 Å². The van der Waals surface area contributed by atoms with Gasteiger partial charge in [0.05, 0.1) is 0 Å². The van der Waals surface area contributed by atoms with Crippen molar-refractivity contribution in [1.82, 2.24) is 4.98 Å². The van der Waals surface area contributed by atoms with Gasteiger partial charge in [-0.3, -0.25) is 4.98 Å². The van der Waals surface area contributed by atoms with Crippen LogP contribution in [0.25, 0.3) is 0 Å². The molecule has 1 rings (SSSR count). The smallest absolute Gasteiger partial charge is 0.0416 e. The van der Waals surface area contributed by atoms with Crippen LogP contribution in [-0.4, -0.2) is 4.98 Å². The first-order valence-corrected chi connectivity index (χ1v) is 4.87. The molecule has 1 nitrogen and oxygen atoms in total. The normalized spacial score (nSPS) is 10.5. The van der Waals surface area contributed by atoms with E-state index in [1.807, 2.05) is 12.3 Å². The molecule has 11 heavy (non-hydrogen) atoms.